The highest BCUT2D eigenvalue weighted by molar-refractivity contribution is 6.08. The molecule has 0 radical (unpaired) electrons. The lowest BCUT2D eigenvalue weighted by Crippen LogP contribution is -2.44. The number of hydrogen-bond acceptors (Lipinski definition) is 11. The third-order valence-electron chi connectivity index (χ3n) is 5.26. The molecule has 0 aliphatic heterocycles. The van der Waals surface area contributed by atoms with Gasteiger partial charge in [0.05, 0.1) is 5.41 Å². The second kappa shape index (κ2) is 15.2. The molecule has 0 rings (SSSR count). The summed E-state index contributed by atoms with van der Waals surface area (Å²) >= 11 is 0. The first-order chi connectivity index (χ1) is 16.8. The SMILES string of the molecule is C=CC(=O)OCC(COC(=O)C=C)(COC(=O)C=C)COC(=O)CCC(CC(C)=O)(C(C)=O)C(C)=O. The molecule has 0 saturated carbocycles. The van der Waals surface area contributed by atoms with Crippen molar-refractivity contribution in [1.29, 1.82) is 0 Å². The van der Waals surface area contributed by atoms with Gasteiger partial charge in [0.15, 0.2) is 0 Å². The second-order valence-corrected chi connectivity index (χ2v) is 8.17. The van der Waals surface area contributed by atoms with Gasteiger partial charge < -0.3 is 18.9 Å². The van der Waals surface area contributed by atoms with E-state index in [1.165, 1.54) is 6.92 Å². The van der Waals surface area contributed by atoms with Crippen molar-refractivity contribution in [3.8, 4) is 0 Å². The van der Waals surface area contributed by atoms with Crippen molar-refractivity contribution < 1.29 is 52.5 Å². The van der Waals surface area contributed by atoms with Gasteiger partial charge in [-0.1, -0.05) is 19.7 Å². The van der Waals surface area contributed by atoms with E-state index in [2.05, 4.69) is 19.7 Å². The molecule has 0 unspecified atom stereocenters. The number of carbonyl (C=O) groups is 7. The Morgan fingerprint density at radius 2 is 1.00 bits per heavy atom. The minimum atomic E-state index is -1.67. The first-order valence-corrected chi connectivity index (χ1v) is 10.8. The van der Waals surface area contributed by atoms with E-state index in [4.69, 9.17) is 18.9 Å². The maximum Gasteiger partial charge on any atom is 0.330 e. The van der Waals surface area contributed by atoms with Crippen LogP contribution in [0.4, 0.5) is 0 Å². The van der Waals surface area contributed by atoms with E-state index >= 15 is 0 Å². The number of hydrogen-bond donors (Lipinski definition) is 0. The van der Waals surface area contributed by atoms with Crippen LogP contribution in [0.25, 0.3) is 0 Å². The van der Waals surface area contributed by atoms with E-state index in [1.807, 2.05) is 0 Å². The fraction of sp³-hybridized carbons (Fsp3) is 0.480. The molecule has 0 atom stereocenters. The van der Waals surface area contributed by atoms with Gasteiger partial charge in [-0.25, -0.2) is 14.4 Å². The predicted octanol–water partition coefficient (Wildman–Crippen LogP) is 1.63. The molecule has 36 heavy (non-hydrogen) atoms. The summed E-state index contributed by atoms with van der Waals surface area (Å²) in [6.45, 7) is 11.3. The lowest BCUT2D eigenvalue weighted by atomic mass is 9.72. The molecule has 0 saturated heterocycles. The summed E-state index contributed by atoms with van der Waals surface area (Å²) in [4.78, 5) is 83.5. The van der Waals surface area contributed by atoms with E-state index in [9.17, 15) is 33.6 Å². The van der Waals surface area contributed by atoms with Gasteiger partial charge in [0.2, 0.25) is 0 Å². The fourth-order valence-electron chi connectivity index (χ4n) is 3.08. The summed E-state index contributed by atoms with van der Waals surface area (Å²) in [6.07, 6.45) is 1.59. The van der Waals surface area contributed by atoms with Crippen molar-refractivity contribution in [2.45, 2.75) is 40.0 Å². The van der Waals surface area contributed by atoms with E-state index in [-0.39, 0.29) is 12.8 Å². The zero-order valence-electron chi connectivity index (χ0n) is 20.8. The highest BCUT2D eigenvalue weighted by atomic mass is 16.6. The Kier molecular flexibility index (Phi) is 13.5. The van der Waals surface area contributed by atoms with Gasteiger partial charge in [-0.05, 0) is 27.2 Å². The predicted molar refractivity (Wildman–Crippen MR) is 125 cm³/mol. The van der Waals surface area contributed by atoms with Crippen LogP contribution in [0.2, 0.25) is 0 Å². The summed E-state index contributed by atoms with van der Waals surface area (Å²) in [5.41, 5.74) is -3.19. The highest BCUT2D eigenvalue weighted by Crippen LogP contribution is 2.32. The smallest absolute Gasteiger partial charge is 0.330 e. The molecule has 11 nitrogen and oxygen atoms in total. The standard InChI is InChI=1S/C25H32O11/c1-7-20(29)33-13-24(14-34-21(30)8-2,15-35-22(31)9-3)16-36-23(32)10-11-25(18(5)27,19(6)28)12-17(4)26/h7-9H,1-3,10-16H2,4-6H3. The quantitative estimate of drug-likeness (QED) is 0.115. The molecule has 0 aliphatic carbocycles. The lowest BCUT2D eigenvalue weighted by Gasteiger charge is -2.31. The van der Waals surface area contributed by atoms with Crippen LogP contribution in [0.15, 0.2) is 38.0 Å². The van der Waals surface area contributed by atoms with Crippen molar-refractivity contribution >= 4 is 41.2 Å². The number of ether oxygens (including phenoxy) is 4. The summed E-state index contributed by atoms with van der Waals surface area (Å²) in [5, 5.41) is 0. The number of ketones is 3. The van der Waals surface area contributed by atoms with E-state index in [0.29, 0.717) is 0 Å². The Bertz CT molecular complexity index is 839. The molecule has 0 aliphatic rings. The van der Waals surface area contributed by atoms with Crippen LogP contribution in [-0.4, -0.2) is 67.7 Å². The molecule has 0 heterocycles. The Morgan fingerprint density at radius 3 is 1.31 bits per heavy atom. The number of esters is 4. The first kappa shape index (κ1) is 32.1. The minimum Gasteiger partial charge on any atom is -0.465 e. The van der Waals surface area contributed by atoms with E-state index in [1.54, 1.807) is 0 Å². The molecule has 0 spiro atoms. The Labute approximate surface area is 209 Å². The highest BCUT2D eigenvalue weighted by Gasteiger charge is 2.42. The summed E-state index contributed by atoms with van der Waals surface area (Å²) in [5.74, 6) is -4.90. The number of rotatable bonds is 18. The second-order valence-electron chi connectivity index (χ2n) is 8.17. The lowest BCUT2D eigenvalue weighted by molar-refractivity contribution is -0.166. The maximum atomic E-state index is 12.5. The van der Waals surface area contributed by atoms with Crippen LogP contribution in [0, 0.1) is 10.8 Å². The molecule has 0 aromatic carbocycles. The molecule has 0 fully saturated rings. The van der Waals surface area contributed by atoms with Crippen LogP contribution in [0.5, 0.6) is 0 Å². The molecular formula is C25H32O11. The van der Waals surface area contributed by atoms with E-state index in [0.717, 1.165) is 32.1 Å². The van der Waals surface area contributed by atoms with Gasteiger partial charge in [-0.15, -0.1) is 0 Å². The van der Waals surface area contributed by atoms with Crippen molar-refractivity contribution in [3.05, 3.63) is 38.0 Å². The van der Waals surface area contributed by atoms with Gasteiger partial charge in [0.25, 0.3) is 0 Å². The third-order valence-corrected chi connectivity index (χ3v) is 5.26. The fourth-order valence-corrected chi connectivity index (χ4v) is 3.08. The Hall–Kier alpha value is -3.89. The molecular weight excluding hydrogens is 476 g/mol. The average molecular weight is 509 g/mol. The van der Waals surface area contributed by atoms with Crippen molar-refractivity contribution in [2.24, 2.45) is 10.8 Å². The molecule has 0 aromatic rings. The normalized spacial score (nSPS) is 10.9. The third kappa shape index (κ3) is 10.6. The Balaban J connectivity index is 5.76. The van der Waals surface area contributed by atoms with Crippen molar-refractivity contribution in [2.75, 3.05) is 26.4 Å². The summed E-state index contributed by atoms with van der Waals surface area (Å²) in [6, 6.07) is 0. The van der Waals surface area contributed by atoms with Crippen LogP contribution in [0.1, 0.15) is 40.0 Å². The van der Waals surface area contributed by atoms with Gasteiger partial charge in [-0.3, -0.25) is 19.2 Å². The monoisotopic (exact) mass is 508 g/mol. The molecule has 0 aromatic heterocycles. The molecule has 0 amide bonds. The van der Waals surface area contributed by atoms with Gasteiger partial charge >= 0.3 is 23.9 Å². The van der Waals surface area contributed by atoms with Crippen LogP contribution < -0.4 is 0 Å². The van der Waals surface area contributed by atoms with Crippen LogP contribution >= 0.6 is 0 Å². The van der Waals surface area contributed by atoms with Gasteiger partial charge in [-0.2, -0.15) is 0 Å². The minimum absolute atomic E-state index is 0.272. The van der Waals surface area contributed by atoms with Crippen LogP contribution in [0.3, 0.4) is 0 Å². The average Bonchev–Trinajstić information content (AvgIpc) is 2.84. The van der Waals surface area contributed by atoms with Crippen LogP contribution in [-0.2, 0) is 52.5 Å². The number of carbonyl (C=O) groups excluding carboxylic acids is 7. The van der Waals surface area contributed by atoms with Gasteiger partial charge in [0.1, 0.15) is 49.2 Å². The topological polar surface area (TPSA) is 156 Å². The first-order valence-electron chi connectivity index (χ1n) is 10.8. The van der Waals surface area contributed by atoms with E-state index < -0.39 is 84.9 Å². The molecule has 198 valence electrons. The van der Waals surface area contributed by atoms with Crippen molar-refractivity contribution in [3.63, 3.8) is 0 Å². The van der Waals surface area contributed by atoms with Gasteiger partial charge in [0, 0.05) is 31.1 Å². The largest absolute Gasteiger partial charge is 0.465 e. The molecule has 0 N–H and O–H groups in total. The Morgan fingerprint density at radius 1 is 0.639 bits per heavy atom. The molecule has 0 bridgehead atoms. The zero-order valence-corrected chi connectivity index (χ0v) is 20.8. The molecule has 11 heteroatoms. The zero-order chi connectivity index (χ0) is 27.9. The summed E-state index contributed by atoms with van der Waals surface area (Å²) in [7, 11) is 0. The maximum absolute atomic E-state index is 12.5. The van der Waals surface area contributed by atoms with Crippen molar-refractivity contribution in [1.82, 2.24) is 0 Å². The summed E-state index contributed by atoms with van der Waals surface area (Å²) < 4.78 is 20.4. The number of Topliss-reactive ketones (excluding diaryl/α,β-unsaturated/α-hetero) is 3.